The Kier molecular flexibility index (Phi) is 9.48. The SMILES string of the molecule is Cc1ccc(OCCCNC(=O)c2ccc3c(NC(=O)n4cnc(CSc5nncn5-c5ccccc5)c4)cccc3c2O)c(C)c1. The molecule has 238 valence electrons. The molecule has 2 heterocycles. The molecular formula is C35H33N7O4S. The topological polar surface area (TPSA) is 136 Å². The van der Waals surface area contributed by atoms with Gasteiger partial charge in [-0.15, -0.1) is 10.2 Å². The number of para-hydroxylation sites is 1. The van der Waals surface area contributed by atoms with E-state index in [0.717, 1.165) is 17.0 Å². The maximum atomic E-state index is 13.1. The number of nitrogens with one attached hydrogen (secondary N) is 2. The summed E-state index contributed by atoms with van der Waals surface area (Å²) in [6.07, 6.45) is 5.37. The van der Waals surface area contributed by atoms with Crippen LogP contribution in [0.4, 0.5) is 10.5 Å². The Labute approximate surface area is 275 Å². The van der Waals surface area contributed by atoms with Crippen LogP contribution >= 0.6 is 11.8 Å². The van der Waals surface area contributed by atoms with Gasteiger partial charge in [-0.1, -0.05) is 65.9 Å². The minimum Gasteiger partial charge on any atom is -0.506 e. The fourth-order valence-corrected chi connectivity index (χ4v) is 5.93. The molecule has 6 rings (SSSR count). The van der Waals surface area contributed by atoms with E-state index in [1.54, 1.807) is 42.9 Å². The summed E-state index contributed by atoms with van der Waals surface area (Å²) in [5.41, 5.74) is 4.52. The first-order chi connectivity index (χ1) is 22.9. The van der Waals surface area contributed by atoms with Gasteiger partial charge < -0.3 is 20.5 Å². The lowest BCUT2D eigenvalue weighted by molar-refractivity contribution is 0.0949. The van der Waals surface area contributed by atoms with Crippen LogP contribution in [-0.4, -0.2) is 54.5 Å². The van der Waals surface area contributed by atoms with Crippen LogP contribution in [0.5, 0.6) is 11.5 Å². The molecule has 0 aliphatic heterocycles. The number of rotatable bonds is 11. The van der Waals surface area contributed by atoms with Crippen molar-refractivity contribution < 1.29 is 19.4 Å². The molecule has 2 aromatic heterocycles. The van der Waals surface area contributed by atoms with Gasteiger partial charge in [-0.2, -0.15) is 0 Å². The number of thioether (sulfide) groups is 1. The second kappa shape index (κ2) is 14.2. The summed E-state index contributed by atoms with van der Waals surface area (Å²) < 4.78 is 9.09. The third-order valence-corrected chi connectivity index (χ3v) is 8.46. The first-order valence-corrected chi connectivity index (χ1v) is 16.0. The second-order valence-corrected chi connectivity index (χ2v) is 11.8. The molecule has 2 amide bonds. The number of aromatic hydroxyl groups is 1. The number of phenols is 1. The van der Waals surface area contributed by atoms with Gasteiger partial charge in [0.1, 0.15) is 24.2 Å². The molecule has 0 unspecified atom stereocenters. The Hall–Kier alpha value is -5.62. The van der Waals surface area contributed by atoms with Crippen LogP contribution < -0.4 is 15.4 Å². The first-order valence-electron chi connectivity index (χ1n) is 15.0. The summed E-state index contributed by atoms with van der Waals surface area (Å²) in [6, 6.07) is 23.8. The van der Waals surface area contributed by atoms with Gasteiger partial charge in [0.2, 0.25) is 0 Å². The predicted molar refractivity (Wildman–Crippen MR) is 182 cm³/mol. The highest BCUT2D eigenvalue weighted by atomic mass is 32.2. The van der Waals surface area contributed by atoms with Gasteiger partial charge in [0, 0.05) is 35.0 Å². The van der Waals surface area contributed by atoms with Crippen LogP contribution in [0.15, 0.2) is 103 Å². The van der Waals surface area contributed by atoms with E-state index in [0.29, 0.717) is 52.6 Å². The van der Waals surface area contributed by atoms with Crippen LogP contribution in [0.2, 0.25) is 0 Å². The molecule has 0 saturated carbocycles. The van der Waals surface area contributed by atoms with Crippen LogP contribution in [-0.2, 0) is 5.75 Å². The van der Waals surface area contributed by atoms with E-state index in [1.807, 2.05) is 60.9 Å². The number of aryl methyl sites for hydroxylation is 2. The van der Waals surface area contributed by atoms with Gasteiger partial charge >= 0.3 is 6.03 Å². The van der Waals surface area contributed by atoms with Crippen LogP contribution in [0, 0.1) is 13.8 Å². The van der Waals surface area contributed by atoms with Crippen molar-refractivity contribution in [2.75, 3.05) is 18.5 Å². The zero-order chi connectivity index (χ0) is 32.8. The number of phenolic OH excluding ortho intramolecular Hbond substituents is 1. The summed E-state index contributed by atoms with van der Waals surface area (Å²) >= 11 is 1.46. The quantitative estimate of drug-likeness (QED) is 0.107. The molecule has 3 N–H and O–H groups in total. The highest BCUT2D eigenvalue weighted by Gasteiger charge is 2.17. The molecule has 12 heteroatoms. The Morgan fingerprint density at radius 2 is 1.81 bits per heavy atom. The predicted octanol–water partition coefficient (Wildman–Crippen LogP) is 6.51. The van der Waals surface area contributed by atoms with E-state index in [1.165, 1.54) is 28.2 Å². The molecule has 6 aromatic rings. The molecular weight excluding hydrogens is 614 g/mol. The number of hydrogen-bond acceptors (Lipinski definition) is 8. The fraction of sp³-hybridized carbons (Fsp3) is 0.171. The van der Waals surface area contributed by atoms with Gasteiger partial charge in [0.25, 0.3) is 5.91 Å². The van der Waals surface area contributed by atoms with E-state index in [-0.39, 0.29) is 11.3 Å². The van der Waals surface area contributed by atoms with Crippen LogP contribution in [0.25, 0.3) is 16.5 Å². The van der Waals surface area contributed by atoms with Crippen molar-refractivity contribution in [3.05, 3.63) is 120 Å². The Bertz CT molecular complexity index is 2040. The summed E-state index contributed by atoms with van der Waals surface area (Å²) in [6.45, 7) is 4.87. The number of hydrogen-bond donors (Lipinski definition) is 3. The third kappa shape index (κ3) is 7.28. The van der Waals surface area contributed by atoms with Crippen LogP contribution in [0.3, 0.4) is 0 Å². The normalized spacial score (nSPS) is 11.0. The van der Waals surface area contributed by atoms with E-state index in [9.17, 15) is 14.7 Å². The number of benzene rings is 4. The van der Waals surface area contributed by atoms with Gasteiger partial charge in [0.15, 0.2) is 5.16 Å². The number of aromatic nitrogens is 5. The number of ether oxygens (including phenoxy) is 1. The van der Waals surface area contributed by atoms with Gasteiger partial charge in [-0.25, -0.2) is 9.78 Å². The highest BCUT2D eigenvalue weighted by molar-refractivity contribution is 7.98. The lowest BCUT2D eigenvalue weighted by Gasteiger charge is -2.13. The van der Waals surface area contributed by atoms with Crippen molar-refractivity contribution in [1.29, 1.82) is 0 Å². The van der Waals surface area contributed by atoms with E-state index in [2.05, 4.69) is 31.9 Å². The van der Waals surface area contributed by atoms with Gasteiger partial charge in [-0.3, -0.25) is 13.9 Å². The first kappa shape index (κ1) is 31.4. The smallest absolute Gasteiger partial charge is 0.331 e. The second-order valence-electron chi connectivity index (χ2n) is 10.9. The zero-order valence-electron chi connectivity index (χ0n) is 25.9. The number of anilines is 1. The number of imidazole rings is 1. The molecule has 0 radical (unpaired) electrons. The van der Waals surface area contributed by atoms with Crippen molar-refractivity contribution in [3.63, 3.8) is 0 Å². The van der Waals surface area contributed by atoms with Crippen molar-refractivity contribution >= 4 is 40.2 Å². The standard InChI is InChI=1S/C35H33N7O4S/c1-23-12-15-31(24(2)18-23)46-17-7-16-36-33(44)29-14-13-27-28(32(29)43)10-6-11-30(27)39-34(45)41-19-25(37-21-41)20-47-35-40-38-22-42(35)26-8-4-3-5-9-26/h3-6,8-15,18-19,21-22,43H,7,16-17,20H2,1-2H3,(H,36,44)(H,39,45). The summed E-state index contributed by atoms with van der Waals surface area (Å²) in [4.78, 5) is 30.4. The van der Waals surface area contributed by atoms with Gasteiger partial charge in [-0.05, 0) is 56.2 Å². The Morgan fingerprint density at radius 1 is 0.957 bits per heavy atom. The van der Waals surface area contributed by atoms with Gasteiger partial charge in [0.05, 0.1) is 23.6 Å². The number of nitrogens with zero attached hydrogens (tertiary/aromatic N) is 5. The largest absolute Gasteiger partial charge is 0.506 e. The van der Waals surface area contributed by atoms with Crippen molar-refractivity contribution in [2.24, 2.45) is 0 Å². The molecule has 0 bridgehead atoms. The van der Waals surface area contributed by atoms with E-state index >= 15 is 0 Å². The Balaban J connectivity index is 1.05. The molecule has 0 spiro atoms. The van der Waals surface area contributed by atoms with Crippen molar-refractivity contribution in [3.8, 4) is 17.2 Å². The van der Waals surface area contributed by atoms with Crippen LogP contribution in [0.1, 0.15) is 33.6 Å². The fourth-order valence-electron chi connectivity index (χ4n) is 5.10. The summed E-state index contributed by atoms with van der Waals surface area (Å²) in [7, 11) is 0. The maximum absolute atomic E-state index is 13.1. The maximum Gasteiger partial charge on any atom is 0.331 e. The molecule has 47 heavy (non-hydrogen) atoms. The lowest BCUT2D eigenvalue weighted by Crippen LogP contribution is -2.25. The average molecular weight is 648 g/mol. The summed E-state index contributed by atoms with van der Waals surface area (Å²) in [5.74, 6) is 0.757. The third-order valence-electron chi connectivity index (χ3n) is 7.48. The van der Waals surface area contributed by atoms with Crippen molar-refractivity contribution in [2.45, 2.75) is 31.2 Å². The lowest BCUT2D eigenvalue weighted by atomic mass is 10.0. The molecule has 0 saturated heterocycles. The summed E-state index contributed by atoms with van der Waals surface area (Å²) in [5, 5.41) is 26.7. The van der Waals surface area contributed by atoms with Crippen molar-refractivity contribution in [1.82, 2.24) is 29.6 Å². The van der Waals surface area contributed by atoms with E-state index in [4.69, 9.17) is 4.74 Å². The minimum atomic E-state index is -0.418. The molecule has 0 aliphatic rings. The molecule has 11 nitrogen and oxygen atoms in total. The minimum absolute atomic E-state index is 0.149. The number of amides is 2. The number of fused-ring (bicyclic) bond motifs is 1. The Morgan fingerprint density at radius 3 is 2.64 bits per heavy atom. The molecule has 0 atom stereocenters. The number of carbonyl (C=O) groups is 2. The van der Waals surface area contributed by atoms with E-state index < -0.39 is 11.9 Å². The molecule has 0 aliphatic carbocycles. The molecule has 4 aromatic carbocycles. The highest BCUT2D eigenvalue weighted by Crippen LogP contribution is 2.33. The number of carbonyl (C=O) groups excluding carboxylic acids is 2. The average Bonchev–Trinajstić information content (AvgIpc) is 3.75. The monoisotopic (exact) mass is 647 g/mol. The molecule has 0 fully saturated rings. The zero-order valence-corrected chi connectivity index (χ0v) is 26.7.